The molecule has 0 fully saturated rings. The largest absolute Gasteiger partial charge is 0.444 e. The molecule has 1 unspecified atom stereocenters. The fourth-order valence-electron chi connectivity index (χ4n) is 2.14. The van der Waals surface area contributed by atoms with Gasteiger partial charge in [0.25, 0.3) is 0 Å². The van der Waals surface area contributed by atoms with Crippen LogP contribution >= 0.6 is 11.3 Å². The first-order chi connectivity index (χ1) is 10.9. The zero-order chi connectivity index (χ0) is 16.9. The highest BCUT2D eigenvalue weighted by Gasteiger charge is 2.16. The monoisotopic (exact) mass is 332 g/mol. The van der Waals surface area contributed by atoms with Crippen molar-refractivity contribution in [3.05, 3.63) is 46.7 Å². The van der Waals surface area contributed by atoms with Crippen molar-refractivity contribution in [3.8, 4) is 0 Å². The topological polar surface area (TPSA) is 50.4 Å². The van der Waals surface area contributed by atoms with Crippen molar-refractivity contribution >= 4 is 28.8 Å². The number of rotatable bonds is 5. The van der Waals surface area contributed by atoms with E-state index in [2.05, 4.69) is 35.1 Å². The summed E-state index contributed by atoms with van der Waals surface area (Å²) in [6.07, 6.45) is 0.571. The smallest absolute Gasteiger partial charge is 0.412 e. The van der Waals surface area contributed by atoms with Gasteiger partial charge in [0.1, 0.15) is 5.60 Å². The maximum Gasteiger partial charge on any atom is 0.412 e. The minimum atomic E-state index is -0.499. The second kappa shape index (κ2) is 7.51. The van der Waals surface area contributed by atoms with Crippen molar-refractivity contribution in [2.24, 2.45) is 0 Å². The predicted molar refractivity (Wildman–Crippen MR) is 97.3 cm³/mol. The van der Waals surface area contributed by atoms with Crippen LogP contribution in [0, 0.1) is 0 Å². The van der Waals surface area contributed by atoms with Crippen LogP contribution in [0.5, 0.6) is 0 Å². The Hall–Kier alpha value is -2.01. The highest BCUT2D eigenvalue weighted by atomic mass is 32.1. The number of hydrogen-bond acceptors (Lipinski definition) is 4. The fraction of sp³-hybridized carbons (Fsp3) is 0.389. The molecule has 0 saturated heterocycles. The van der Waals surface area contributed by atoms with Crippen molar-refractivity contribution in [2.75, 3.05) is 10.6 Å². The summed E-state index contributed by atoms with van der Waals surface area (Å²) >= 11 is 1.76. The molecule has 23 heavy (non-hydrogen) atoms. The maximum absolute atomic E-state index is 11.7. The highest BCUT2D eigenvalue weighted by Crippen LogP contribution is 2.26. The first kappa shape index (κ1) is 17.3. The molecule has 1 heterocycles. The van der Waals surface area contributed by atoms with Gasteiger partial charge in [-0.25, -0.2) is 4.79 Å². The van der Waals surface area contributed by atoms with Gasteiger partial charge in [-0.3, -0.25) is 5.32 Å². The molecule has 0 aliphatic carbocycles. The van der Waals surface area contributed by atoms with E-state index in [9.17, 15) is 4.79 Å². The third-order valence-electron chi connectivity index (χ3n) is 3.17. The summed E-state index contributed by atoms with van der Waals surface area (Å²) in [5.74, 6) is 0. The number of carbonyl (C=O) groups excluding carboxylic acids is 1. The van der Waals surface area contributed by atoms with E-state index in [-0.39, 0.29) is 0 Å². The molecule has 124 valence electrons. The van der Waals surface area contributed by atoms with Crippen LogP contribution in [0.25, 0.3) is 0 Å². The minimum absolute atomic E-state index is 0.305. The van der Waals surface area contributed by atoms with Gasteiger partial charge in [-0.1, -0.05) is 13.0 Å². The first-order valence-electron chi connectivity index (χ1n) is 7.77. The van der Waals surface area contributed by atoms with Gasteiger partial charge in [0.15, 0.2) is 0 Å². The van der Waals surface area contributed by atoms with Gasteiger partial charge in [-0.2, -0.15) is 0 Å². The van der Waals surface area contributed by atoms with Gasteiger partial charge in [0, 0.05) is 16.3 Å². The third kappa shape index (κ3) is 5.60. The summed E-state index contributed by atoms with van der Waals surface area (Å²) in [5.41, 5.74) is 1.25. The molecule has 0 radical (unpaired) electrons. The first-order valence-corrected chi connectivity index (χ1v) is 8.65. The number of nitrogens with one attached hydrogen (secondary N) is 2. The van der Waals surface area contributed by atoms with E-state index >= 15 is 0 Å². The quantitative estimate of drug-likeness (QED) is 0.743. The number of hydrogen-bond donors (Lipinski definition) is 2. The van der Waals surface area contributed by atoms with Crippen molar-refractivity contribution in [2.45, 2.75) is 45.8 Å². The van der Waals surface area contributed by atoms with E-state index in [0.29, 0.717) is 11.7 Å². The average Bonchev–Trinajstić information content (AvgIpc) is 2.98. The second-order valence-corrected chi connectivity index (χ2v) is 7.30. The Morgan fingerprint density at radius 2 is 1.83 bits per heavy atom. The molecule has 5 heteroatoms. The van der Waals surface area contributed by atoms with Crippen molar-refractivity contribution in [1.29, 1.82) is 0 Å². The Morgan fingerprint density at radius 3 is 2.35 bits per heavy atom. The van der Waals surface area contributed by atoms with Gasteiger partial charge in [0.05, 0.1) is 6.04 Å². The van der Waals surface area contributed by atoms with Crippen LogP contribution in [0.2, 0.25) is 0 Å². The van der Waals surface area contributed by atoms with Crippen LogP contribution in [0.4, 0.5) is 16.2 Å². The zero-order valence-corrected chi connectivity index (χ0v) is 14.9. The van der Waals surface area contributed by atoms with Crippen LogP contribution < -0.4 is 10.6 Å². The Labute approximate surface area is 141 Å². The van der Waals surface area contributed by atoms with Gasteiger partial charge in [0.2, 0.25) is 0 Å². The van der Waals surface area contributed by atoms with Crippen LogP contribution in [0.15, 0.2) is 41.8 Å². The average molecular weight is 332 g/mol. The molecule has 0 spiro atoms. The molecule has 0 aliphatic heterocycles. The molecule has 2 aromatic rings. The lowest BCUT2D eigenvalue weighted by Crippen LogP contribution is -2.27. The van der Waals surface area contributed by atoms with Gasteiger partial charge >= 0.3 is 6.09 Å². The zero-order valence-electron chi connectivity index (χ0n) is 14.1. The molecule has 0 aliphatic rings. The number of ether oxygens (including phenoxy) is 1. The summed E-state index contributed by atoms with van der Waals surface area (Å²) in [7, 11) is 0. The number of amides is 1. The third-order valence-corrected chi connectivity index (χ3v) is 4.15. The van der Waals surface area contributed by atoms with Crippen molar-refractivity contribution in [1.82, 2.24) is 0 Å². The summed E-state index contributed by atoms with van der Waals surface area (Å²) in [6, 6.07) is 12.2. The molecule has 0 saturated carbocycles. The summed E-state index contributed by atoms with van der Waals surface area (Å²) < 4.78 is 5.24. The summed E-state index contributed by atoms with van der Waals surface area (Å²) in [5, 5.41) is 8.34. The lowest BCUT2D eigenvalue weighted by atomic mass is 10.1. The molecular formula is C18H24N2O2S. The van der Waals surface area contributed by atoms with E-state index in [1.165, 1.54) is 4.88 Å². The molecule has 0 bridgehead atoms. The molecule has 2 rings (SSSR count). The van der Waals surface area contributed by atoms with Crippen molar-refractivity contribution < 1.29 is 9.53 Å². The Kier molecular flexibility index (Phi) is 5.66. The van der Waals surface area contributed by atoms with Crippen LogP contribution in [0.1, 0.15) is 45.0 Å². The standard InChI is InChI=1S/C18H24N2O2S/c1-5-15(16-7-6-12-23-16)19-13-8-10-14(11-9-13)20-17(21)22-18(2,3)4/h6-12,15,19H,5H2,1-4H3,(H,20,21). The molecule has 1 aromatic carbocycles. The predicted octanol–water partition coefficient (Wildman–Crippen LogP) is 5.66. The van der Waals surface area contributed by atoms with Crippen LogP contribution in [0.3, 0.4) is 0 Å². The normalized spacial score (nSPS) is 12.5. The second-order valence-electron chi connectivity index (χ2n) is 6.32. The van der Waals surface area contributed by atoms with Crippen LogP contribution in [-0.4, -0.2) is 11.7 Å². The summed E-state index contributed by atoms with van der Waals surface area (Å²) in [6.45, 7) is 7.69. The van der Waals surface area contributed by atoms with Crippen molar-refractivity contribution in [3.63, 3.8) is 0 Å². The molecule has 1 amide bonds. The lowest BCUT2D eigenvalue weighted by molar-refractivity contribution is 0.0636. The van der Waals surface area contributed by atoms with E-state index in [1.54, 1.807) is 11.3 Å². The Balaban J connectivity index is 1.95. The molecular weight excluding hydrogens is 308 g/mol. The van der Waals surface area contributed by atoms with E-state index in [4.69, 9.17) is 4.74 Å². The lowest BCUT2D eigenvalue weighted by Gasteiger charge is -2.20. The minimum Gasteiger partial charge on any atom is -0.444 e. The molecule has 2 N–H and O–H groups in total. The molecule has 1 aromatic heterocycles. The van der Waals surface area contributed by atoms with E-state index < -0.39 is 11.7 Å². The SMILES string of the molecule is CCC(Nc1ccc(NC(=O)OC(C)(C)C)cc1)c1cccs1. The Bertz CT molecular complexity index is 615. The van der Waals surface area contributed by atoms with Gasteiger partial charge < -0.3 is 10.1 Å². The highest BCUT2D eigenvalue weighted by molar-refractivity contribution is 7.10. The fourth-order valence-corrected chi connectivity index (χ4v) is 3.00. The number of anilines is 2. The maximum atomic E-state index is 11.7. The number of thiophene rings is 1. The van der Waals surface area contributed by atoms with Gasteiger partial charge in [-0.15, -0.1) is 11.3 Å². The van der Waals surface area contributed by atoms with E-state index in [0.717, 1.165) is 12.1 Å². The number of carbonyl (C=O) groups is 1. The molecule has 1 atom stereocenters. The van der Waals surface area contributed by atoms with E-state index in [1.807, 2.05) is 45.0 Å². The molecule has 4 nitrogen and oxygen atoms in total. The summed E-state index contributed by atoms with van der Waals surface area (Å²) in [4.78, 5) is 13.1. The van der Waals surface area contributed by atoms with Gasteiger partial charge in [-0.05, 0) is 62.9 Å². The van der Waals surface area contributed by atoms with Crippen LogP contribution in [-0.2, 0) is 4.74 Å². The Morgan fingerprint density at radius 1 is 1.17 bits per heavy atom. The number of benzene rings is 1.